The summed E-state index contributed by atoms with van der Waals surface area (Å²) in [5.74, 6) is 0.0330. The van der Waals surface area contributed by atoms with Gasteiger partial charge in [0, 0.05) is 23.4 Å². The first-order chi connectivity index (χ1) is 10.2. The van der Waals surface area contributed by atoms with Gasteiger partial charge in [-0.2, -0.15) is 0 Å². The summed E-state index contributed by atoms with van der Waals surface area (Å²) in [5, 5.41) is 3.11. The molecule has 0 radical (unpaired) electrons. The Kier molecular flexibility index (Phi) is 4.00. The lowest BCUT2D eigenvalue weighted by molar-refractivity contribution is 0.0938. The highest BCUT2D eigenvalue weighted by molar-refractivity contribution is 5.94. The standard InChI is InChI=1S/C18H20N2O/c1-13-10-11-19-17(12-13)14-6-8-15(9-7-14)18(21)20-16-4-2-3-5-16/h6-12,16H,2-5H2,1H3,(H,20,21). The average Bonchev–Trinajstić information content (AvgIpc) is 3.00. The van der Waals surface area contributed by atoms with Gasteiger partial charge in [-0.3, -0.25) is 9.78 Å². The van der Waals surface area contributed by atoms with Crippen molar-refractivity contribution in [1.29, 1.82) is 0 Å². The van der Waals surface area contributed by atoms with Crippen molar-refractivity contribution in [3.05, 3.63) is 53.7 Å². The molecule has 21 heavy (non-hydrogen) atoms. The molecule has 108 valence electrons. The predicted molar refractivity (Wildman–Crippen MR) is 84.1 cm³/mol. The van der Waals surface area contributed by atoms with Gasteiger partial charge < -0.3 is 5.32 Å². The Morgan fingerprint density at radius 2 is 1.86 bits per heavy atom. The van der Waals surface area contributed by atoms with Crippen molar-refractivity contribution in [2.75, 3.05) is 0 Å². The van der Waals surface area contributed by atoms with E-state index in [0.29, 0.717) is 6.04 Å². The van der Waals surface area contributed by atoms with Gasteiger partial charge in [-0.15, -0.1) is 0 Å². The molecule has 1 amide bonds. The maximum atomic E-state index is 12.2. The number of benzene rings is 1. The van der Waals surface area contributed by atoms with Crippen molar-refractivity contribution in [2.24, 2.45) is 0 Å². The number of amides is 1. The average molecular weight is 280 g/mol. The second kappa shape index (κ2) is 6.08. The van der Waals surface area contributed by atoms with Crippen LogP contribution in [0.2, 0.25) is 0 Å². The van der Waals surface area contributed by atoms with Gasteiger partial charge in [0.05, 0.1) is 5.69 Å². The molecule has 1 saturated carbocycles. The van der Waals surface area contributed by atoms with Crippen LogP contribution in [0.5, 0.6) is 0 Å². The van der Waals surface area contributed by atoms with Crippen LogP contribution in [0.3, 0.4) is 0 Å². The van der Waals surface area contributed by atoms with Crippen LogP contribution in [-0.4, -0.2) is 16.9 Å². The van der Waals surface area contributed by atoms with Crippen molar-refractivity contribution >= 4 is 5.91 Å². The highest BCUT2D eigenvalue weighted by Gasteiger charge is 2.17. The molecule has 1 aliphatic rings. The molecule has 1 aromatic carbocycles. The molecule has 1 aromatic heterocycles. The molecule has 3 rings (SSSR count). The predicted octanol–water partition coefficient (Wildman–Crippen LogP) is 3.73. The zero-order valence-electron chi connectivity index (χ0n) is 12.3. The third-order valence-electron chi connectivity index (χ3n) is 4.05. The van der Waals surface area contributed by atoms with E-state index in [1.807, 2.05) is 42.6 Å². The van der Waals surface area contributed by atoms with Crippen LogP contribution in [0.1, 0.15) is 41.6 Å². The molecule has 1 aliphatic carbocycles. The molecule has 0 unspecified atom stereocenters. The maximum absolute atomic E-state index is 12.2. The van der Waals surface area contributed by atoms with Crippen LogP contribution in [0.4, 0.5) is 0 Å². The largest absolute Gasteiger partial charge is 0.349 e. The van der Waals surface area contributed by atoms with Gasteiger partial charge in [-0.25, -0.2) is 0 Å². The minimum Gasteiger partial charge on any atom is -0.349 e. The molecule has 0 bridgehead atoms. The number of rotatable bonds is 3. The first-order valence-electron chi connectivity index (χ1n) is 7.56. The van der Waals surface area contributed by atoms with E-state index in [2.05, 4.69) is 17.2 Å². The lowest BCUT2D eigenvalue weighted by atomic mass is 10.1. The molecule has 2 aromatic rings. The number of hydrogen-bond acceptors (Lipinski definition) is 2. The Bertz CT molecular complexity index is 628. The third kappa shape index (κ3) is 3.30. The van der Waals surface area contributed by atoms with E-state index in [0.717, 1.165) is 29.7 Å². The van der Waals surface area contributed by atoms with E-state index in [-0.39, 0.29) is 5.91 Å². The third-order valence-corrected chi connectivity index (χ3v) is 4.05. The lowest BCUT2D eigenvalue weighted by Crippen LogP contribution is -2.32. The maximum Gasteiger partial charge on any atom is 0.251 e. The summed E-state index contributed by atoms with van der Waals surface area (Å²) in [5.41, 5.74) is 3.88. The number of aryl methyl sites for hydroxylation is 1. The van der Waals surface area contributed by atoms with Crippen molar-refractivity contribution in [3.8, 4) is 11.3 Å². The first-order valence-corrected chi connectivity index (χ1v) is 7.56. The summed E-state index contributed by atoms with van der Waals surface area (Å²) >= 11 is 0. The minimum absolute atomic E-state index is 0.0330. The summed E-state index contributed by atoms with van der Waals surface area (Å²) < 4.78 is 0. The zero-order valence-corrected chi connectivity index (χ0v) is 12.3. The Morgan fingerprint density at radius 3 is 2.52 bits per heavy atom. The molecule has 0 aliphatic heterocycles. The molecule has 3 heteroatoms. The van der Waals surface area contributed by atoms with Crippen LogP contribution in [0.25, 0.3) is 11.3 Å². The van der Waals surface area contributed by atoms with E-state index >= 15 is 0 Å². The molecule has 0 saturated heterocycles. The van der Waals surface area contributed by atoms with Gasteiger partial charge in [0.15, 0.2) is 0 Å². The number of nitrogens with zero attached hydrogens (tertiary/aromatic N) is 1. The molecule has 1 N–H and O–H groups in total. The van der Waals surface area contributed by atoms with Crippen LogP contribution in [0, 0.1) is 6.92 Å². The van der Waals surface area contributed by atoms with Gasteiger partial charge in [-0.05, 0) is 49.6 Å². The Hall–Kier alpha value is -2.16. The SMILES string of the molecule is Cc1ccnc(-c2ccc(C(=O)NC3CCCC3)cc2)c1. The van der Waals surface area contributed by atoms with E-state index < -0.39 is 0 Å². The number of carbonyl (C=O) groups excluding carboxylic acids is 1. The number of hydrogen-bond donors (Lipinski definition) is 1. The van der Waals surface area contributed by atoms with Crippen LogP contribution < -0.4 is 5.32 Å². The van der Waals surface area contributed by atoms with E-state index in [4.69, 9.17) is 0 Å². The smallest absolute Gasteiger partial charge is 0.251 e. The van der Waals surface area contributed by atoms with Crippen LogP contribution >= 0.6 is 0 Å². The van der Waals surface area contributed by atoms with E-state index in [1.165, 1.54) is 18.4 Å². The van der Waals surface area contributed by atoms with Gasteiger partial charge in [0.1, 0.15) is 0 Å². The van der Waals surface area contributed by atoms with Gasteiger partial charge >= 0.3 is 0 Å². The second-order valence-electron chi connectivity index (χ2n) is 5.75. The molecule has 0 spiro atoms. The number of carbonyl (C=O) groups is 1. The monoisotopic (exact) mass is 280 g/mol. The summed E-state index contributed by atoms with van der Waals surface area (Å²) in [6.07, 6.45) is 6.48. The summed E-state index contributed by atoms with van der Waals surface area (Å²) in [6.45, 7) is 2.05. The molecule has 1 heterocycles. The lowest BCUT2D eigenvalue weighted by Gasteiger charge is -2.12. The summed E-state index contributed by atoms with van der Waals surface area (Å²) in [7, 11) is 0. The van der Waals surface area contributed by atoms with Crippen molar-refractivity contribution in [1.82, 2.24) is 10.3 Å². The fourth-order valence-electron chi connectivity index (χ4n) is 2.83. The highest BCUT2D eigenvalue weighted by atomic mass is 16.1. The van der Waals surface area contributed by atoms with E-state index in [9.17, 15) is 4.79 Å². The van der Waals surface area contributed by atoms with Crippen molar-refractivity contribution in [3.63, 3.8) is 0 Å². The second-order valence-corrected chi connectivity index (χ2v) is 5.75. The summed E-state index contributed by atoms with van der Waals surface area (Å²) in [4.78, 5) is 16.5. The summed E-state index contributed by atoms with van der Waals surface area (Å²) in [6, 6.07) is 12.1. The normalized spacial score (nSPS) is 15.1. The molecular formula is C18H20N2O. The zero-order chi connectivity index (χ0) is 14.7. The quantitative estimate of drug-likeness (QED) is 0.930. The fraction of sp³-hybridized carbons (Fsp3) is 0.333. The number of pyridine rings is 1. The molecule has 3 nitrogen and oxygen atoms in total. The Labute approximate surface area is 125 Å². The first kappa shape index (κ1) is 13.8. The van der Waals surface area contributed by atoms with Crippen molar-refractivity contribution in [2.45, 2.75) is 38.6 Å². The van der Waals surface area contributed by atoms with E-state index in [1.54, 1.807) is 0 Å². The Balaban J connectivity index is 1.72. The highest BCUT2D eigenvalue weighted by Crippen LogP contribution is 2.20. The molecule has 0 atom stereocenters. The molecule has 1 fully saturated rings. The fourth-order valence-corrected chi connectivity index (χ4v) is 2.83. The van der Waals surface area contributed by atoms with Gasteiger partial charge in [-0.1, -0.05) is 25.0 Å². The van der Waals surface area contributed by atoms with Crippen LogP contribution in [0.15, 0.2) is 42.6 Å². The topological polar surface area (TPSA) is 42.0 Å². The Morgan fingerprint density at radius 1 is 1.14 bits per heavy atom. The van der Waals surface area contributed by atoms with Crippen molar-refractivity contribution < 1.29 is 4.79 Å². The van der Waals surface area contributed by atoms with Gasteiger partial charge in [0.25, 0.3) is 5.91 Å². The molecular weight excluding hydrogens is 260 g/mol. The van der Waals surface area contributed by atoms with Gasteiger partial charge in [0.2, 0.25) is 0 Å². The van der Waals surface area contributed by atoms with Crippen LogP contribution in [-0.2, 0) is 0 Å². The number of aromatic nitrogens is 1. The number of nitrogens with one attached hydrogen (secondary N) is 1. The minimum atomic E-state index is 0.0330.